The Morgan fingerprint density at radius 3 is 2.20 bits per heavy atom. The predicted molar refractivity (Wildman–Crippen MR) is 286 cm³/mol. The van der Waals surface area contributed by atoms with E-state index < -0.39 is 58.8 Å². The first-order valence-corrected chi connectivity index (χ1v) is 29.3. The Morgan fingerprint density at radius 2 is 1.51 bits per heavy atom. The molecule has 0 bridgehead atoms. The second-order valence-electron chi connectivity index (χ2n) is 19.7. The van der Waals surface area contributed by atoms with Crippen LogP contribution in [0.2, 0.25) is 0 Å². The van der Waals surface area contributed by atoms with Gasteiger partial charge in [-0.15, -0.1) is 0 Å². The molecule has 7 rings (SSSR count). The molecule has 4 aliphatic rings. The number of imide groups is 1. The number of allylic oxidation sites excluding steroid dienone is 8. The SMILES string of the molecule is CC1(C)C2=CC(Cl)=CN(CCCCS(=O)(=O)O)C2=N/C1=C/C=C(/C=C/C1=[N+](CCCCS(=O)(=O)O)c2ccc3ccc(S(=O)(=O)O)cc3c2C1(C)C)c1cccc(CCCCC(=O)NCCN2C(=O)C=CC2=O)c1. The zero-order chi connectivity index (χ0) is 53.8. The molecule has 0 spiro atoms. The Kier molecular flexibility index (Phi) is 17.0. The van der Waals surface area contributed by atoms with Crippen LogP contribution in [-0.2, 0) is 56.6 Å². The van der Waals surface area contributed by atoms with Gasteiger partial charge in [-0.05, 0) is 116 Å². The summed E-state index contributed by atoms with van der Waals surface area (Å²) in [5.41, 5.74) is 5.24. The molecule has 3 amide bonds. The van der Waals surface area contributed by atoms with Crippen LogP contribution < -0.4 is 5.32 Å². The van der Waals surface area contributed by atoms with Crippen molar-refractivity contribution >= 4 is 93.3 Å². The van der Waals surface area contributed by atoms with Crippen molar-refractivity contribution in [1.29, 1.82) is 0 Å². The number of rotatable bonds is 23. The average molecular weight is 1090 g/mol. The fourth-order valence-electron chi connectivity index (χ4n) is 9.74. The van der Waals surface area contributed by atoms with Gasteiger partial charge in [-0.1, -0.05) is 61.9 Å². The van der Waals surface area contributed by atoms with Crippen molar-refractivity contribution in [3.05, 3.63) is 136 Å². The van der Waals surface area contributed by atoms with Crippen LogP contribution in [0.4, 0.5) is 5.69 Å². The minimum absolute atomic E-state index is 0.0899. The molecule has 0 saturated heterocycles. The van der Waals surface area contributed by atoms with E-state index in [-0.39, 0.29) is 48.9 Å². The maximum Gasteiger partial charge on any atom is 0.294 e. The smallest absolute Gasteiger partial charge is 0.294 e. The number of nitrogens with zero attached hydrogens (tertiary/aromatic N) is 4. The molecule has 0 aliphatic carbocycles. The Morgan fingerprint density at radius 1 is 0.824 bits per heavy atom. The van der Waals surface area contributed by atoms with Gasteiger partial charge in [-0.3, -0.25) is 32.9 Å². The van der Waals surface area contributed by atoms with Gasteiger partial charge < -0.3 is 10.2 Å². The fraction of sp³-hybridized carbons (Fsp3) is 0.377. The summed E-state index contributed by atoms with van der Waals surface area (Å²) in [7, 11) is -12.9. The van der Waals surface area contributed by atoms with Crippen LogP contribution >= 0.6 is 11.6 Å². The highest BCUT2D eigenvalue weighted by atomic mass is 35.5. The minimum Gasteiger partial charge on any atom is -0.354 e. The molecule has 0 atom stereocenters. The quantitative estimate of drug-likeness (QED) is 0.0233. The maximum absolute atomic E-state index is 12.7. The van der Waals surface area contributed by atoms with E-state index in [1.165, 1.54) is 24.3 Å². The third-order valence-corrected chi connectivity index (χ3v) is 16.3. The molecule has 4 heterocycles. The van der Waals surface area contributed by atoms with Gasteiger partial charge in [-0.2, -0.15) is 29.8 Å². The first kappa shape index (κ1) is 55.9. The van der Waals surface area contributed by atoms with Gasteiger partial charge in [0.25, 0.3) is 42.2 Å². The van der Waals surface area contributed by atoms with Crippen LogP contribution in [0.15, 0.2) is 130 Å². The topological polar surface area (TPSA) is 248 Å². The van der Waals surface area contributed by atoms with Gasteiger partial charge in [0.15, 0.2) is 5.71 Å². The maximum atomic E-state index is 12.7. The first-order valence-electron chi connectivity index (χ1n) is 24.3. The normalized spacial score (nSPS) is 18.2. The molecule has 4 aliphatic heterocycles. The molecular formula is C53H61ClN5O12S3+. The number of carbonyl (C=O) groups excluding carboxylic acids is 3. The number of aliphatic imine (C=N–C) groups is 1. The number of hydrogen-bond donors (Lipinski definition) is 4. The Labute approximate surface area is 437 Å². The highest BCUT2D eigenvalue weighted by Gasteiger charge is 2.46. The number of fused-ring (bicyclic) bond motifs is 4. The lowest BCUT2D eigenvalue weighted by Gasteiger charge is -2.29. The number of halogens is 1. The number of nitrogens with one attached hydrogen (secondary N) is 1. The zero-order valence-corrected chi connectivity index (χ0v) is 44.8. The first-order chi connectivity index (χ1) is 34.7. The number of amidine groups is 1. The third-order valence-electron chi connectivity index (χ3n) is 13.6. The van der Waals surface area contributed by atoms with Crippen molar-refractivity contribution in [3.63, 3.8) is 0 Å². The van der Waals surface area contributed by atoms with Gasteiger partial charge in [0.05, 0.1) is 32.5 Å². The van der Waals surface area contributed by atoms with E-state index in [1.54, 1.807) is 12.3 Å². The zero-order valence-electron chi connectivity index (χ0n) is 41.6. The number of aryl methyl sites for hydroxylation is 1. The van der Waals surface area contributed by atoms with Crippen molar-refractivity contribution < 1.29 is 57.9 Å². The van der Waals surface area contributed by atoms with E-state index in [0.717, 1.165) is 55.2 Å². The number of unbranched alkanes of at least 4 members (excludes halogenated alkanes) is 3. The van der Waals surface area contributed by atoms with Crippen LogP contribution in [0.1, 0.15) is 89.3 Å². The second kappa shape index (κ2) is 22.5. The molecule has 17 nitrogen and oxygen atoms in total. The van der Waals surface area contributed by atoms with Crippen LogP contribution in [0.5, 0.6) is 0 Å². The summed E-state index contributed by atoms with van der Waals surface area (Å²) in [4.78, 5) is 44.2. The van der Waals surface area contributed by atoms with Crippen molar-refractivity contribution in [2.75, 3.05) is 37.7 Å². The van der Waals surface area contributed by atoms with Crippen molar-refractivity contribution in [3.8, 4) is 0 Å². The van der Waals surface area contributed by atoms with Gasteiger partial charge >= 0.3 is 0 Å². The van der Waals surface area contributed by atoms with E-state index in [4.69, 9.17) is 16.6 Å². The van der Waals surface area contributed by atoms with Crippen molar-refractivity contribution in [2.24, 2.45) is 10.4 Å². The molecular weight excluding hydrogens is 1030 g/mol. The summed E-state index contributed by atoms with van der Waals surface area (Å²) < 4.78 is 102. The highest BCUT2D eigenvalue weighted by molar-refractivity contribution is 7.86. The number of amides is 3. The molecule has 3 aromatic rings. The minimum atomic E-state index is -4.55. The lowest BCUT2D eigenvalue weighted by atomic mass is 9.79. The second-order valence-corrected chi connectivity index (χ2v) is 24.7. The highest BCUT2D eigenvalue weighted by Crippen LogP contribution is 2.47. The van der Waals surface area contributed by atoms with Crippen LogP contribution in [0.3, 0.4) is 0 Å². The molecule has 0 aromatic heterocycles. The molecule has 3 aromatic carbocycles. The molecule has 0 unspecified atom stereocenters. The Balaban J connectivity index is 1.23. The lowest BCUT2D eigenvalue weighted by molar-refractivity contribution is -0.438. The third kappa shape index (κ3) is 13.5. The lowest BCUT2D eigenvalue weighted by Crippen LogP contribution is -2.38. The summed E-state index contributed by atoms with van der Waals surface area (Å²) in [6.07, 6.45) is 17.4. The fourth-order valence-corrected chi connectivity index (χ4v) is 11.6. The molecule has 0 fully saturated rings. The molecule has 74 heavy (non-hydrogen) atoms. The van der Waals surface area contributed by atoms with Gasteiger partial charge in [-0.25, -0.2) is 4.99 Å². The molecule has 394 valence electrons. The Hall–Kier alpha value is -5.87. The average Bonchev–Trinajstić information content (AvgIpc) is 3.86. The van der Waals surface area contributed by atoms with Crippen LogP contribution in [0.25, 0.3) is 16.3 Å². The number of hydrogen-bond acceptors (Lipinski definition) is 11. The molecule has 0 radical (unpaired) electrons. The summed E-state index contributed by atoms with van der Waals surface area (Å²) in [5, 5.41) is 4.63. The monoisotopic (exact) mass is 1090 g/mol. The summed E-state index contributed by atoms with van der Waals surface area (Å²) >= 11 is 6.65. The van der Waals surface area contributed by atoms with E-state index in [2.05, 4.69) is 16.0 Å². The molecule has 4 N–H and O–H groups in total. The van der Waals surface area contributed by atoms with Crippen molar-refractivity contribution in [1.82, 2.24) is 15.1 Å². The summed E-state index contributed by atoms with van der Waals surface area (Å²) in [6, 6.07) is 16.3. The van der Waals surface area contributed by atoms with Crippen LogP contribution in [0, 0.1) is 5.41 Å². The van der Waals surface area contributed by atoms with E-state index in [9.17, 15) is 53.3 Å². The largest absolute Gasteiger partial charge is 0.354 e. The van der Waals surface area contributed by atoms with Gasteiger partial charge in [0.1, 0.15) is 12.4 Å². The van der Waals surface area contributed by atoms with E-state index in [1.807, 2.05) is 93.3 Å². The molecule has 0 saturated carbocycles. The summed E-state index contributed by atoms with van der Waals surface area (Å²) in [6.45, 7) is 9.11. The van der Waals surface area contributed by atoms with Gasteiger partial charge in [0, 0.05) is 79.5 Å². The van der Waals surface area contributed by atoms with Crippen molar-refractivity contribution in [2.45, 2.75) is 89.4 Å². The number of carbonyl (C=O) groups is 3. The van der Waals surface area contributed by atoms with E-state index in [0.29, 0.717) is 61.4 Å². The van der Waals surface area contributed by atoms with E-state index >= 15 is 0 Å². The number of benzene rings is 3. The standard InChI is InChI=1S/C53H60ClN5O12S3/c1-52(2)43-33-40(54)35-57(27-7-9-30-72(63,64)65)51(43)56-45(52)22-18-37(39-14-11-13-36(32-39)12-5-6-15-47(60)55-26-29-59-48(61)24-25-49(59)62)19-23-46-53(3,4)50-42-34-41(74(69,70)71)20-16-38(42)17-21-44(50)58(46)28-8-10-31-73(66,67)68/h11,13-14,16-25,32-35H,5-10,12,15,26-31H2,1-4H3,(H3-,55,60,63,64,65,66,67,68,69,70,71)/p+1. The van der Waals surface area contributed by atoms with Gasteiger partial charge in [0.2, 0.25) is 11.6 Å². The molecule has 21 heteroatoms. The van der Waals surface area contributed by atoms with Crippen LogP contribution in [-0.4, -0.2) is 120 Å². The summed E-state index contributed by atoms with van der Waals surface area (Å²) in [5.74, 6) is -1.11. The Bertz CT molecular complexity index is 3370. The predicted octanol–water partition coefficient (Wildman–Crippen LogP) is 7.84.